The molecule has 0 radical (unpaired) electrons. The fraction of sp³-hybridized carbons (Fsp3) is 0.235. The van der Waals surface area contributed by atoms with Crippen LogP contribution in [0.5, 0.6) is 11.5 Å². The minimum atomic E-state index is -0.480. The SMILES string of the molecule is COc1ccc(C)cc1NC(=O)CCOc1ccc([N+](=O)[O-])cc1. The van der Waals surface area contributed by atoms with Crippen LogP contribution in [-0.4, -0.2) is 24.5 Å². The molecule has 7 nitrogen and oxygen atoms in total. The summed E-state index contributed by atoms with van der Waals surface area (Å²) in [6.45, 7) is 2.09. The van der Waals surface area contributed by atoms with Crippen LogP contribution in [0.1, 0.15) is 12.0 Å². The zero-order valence-corrected chi connectivity index (χ0v) is 13.4. The number of benzene rings is 2. The Labute approximate surface area is 139 Å². The maximum absolute atomic E-state index is 12.0. The summed E-state index contributed by atoms with van der Waals surface area (Å²) in [7, 11) is 1.54. The van der Waals surface area contributed by atoms with Gasteiger partial charge in [0.2, 0.25) is 5.91 Å². The Morgan fingerprint density at radius 1 is 1.21 bits per heavy atom. The first-order valence-corrected chi connectivity index (χ1v) is 7.31. The van der Waals surface area contributed by atoms with Crippen molar-refractivity contribution in [3.63, 3.8) is 0 Å². The number of nitrogens with one attached hydrogen (secondary N) is 1. The van der Waals surface area contributed by atoms with Crippen LogP contribution in [0.25, 0.3) is 0 Å². The van der Waals surface area contributed by atoms with Crippen molar-refractivity contribution in [2.45, 2.75) is 13.3 Å². The number of nitro benzene ring substituents is 1. The smallest absolute Gasteiger partial charge is 0.269 e. The number of nitro groups is 1. The van der Waals surface area contributed by atoms with Gasteiger partial charge in [-0.3, -0.25) is 14.9 Å². The third-order valence-corrected chi connectivity index (χ3v) is 3.27. The average molecular weight is 330 g/mol. The maximum Gasteiger partial charge on any atom is 0.269 e. The van der Waals surface area contributed by atoms with Crippen molar-refractivity contribution < 1.29 is 19.2 Å². The molecule has 0 unspecified atom stereocenters. The van der Waals surface area contributed by atoms with Gasteiger partial charge in [-0.25, -0.2) is 0 Å². The van der Waals surface area contributed by atoms with E-state index < -0.39 is 4.92 Å². The largest absolute Gasteiger partial charge is 0.495 e. The molecule has 0 aliphatic carbocycles. The molecular formula is C17H18N2O5. The van der Waals surface area contributed by atoms with Crippen molar-refractivity contribution in [1.29, 1.82) is 0 Å². The number of rotatable bonds is 7. The summed E-state index contributed by atoms with van der Waals surface area (Å²) in [4.78, 5) is 22.1. The molecule has 0 bridgehead atoms. The fourth-order valence-electron chi connectivity index (χ4n) is 2.06. The lowest BCUT2D eigenvalue weighted by Gasteiger charge is -2.11. The number of hydrogen-bond donors (Lipinski definition) is 1. The number of carbonyl (C=O) groups is 1. The molecule has 2 aromatic carbocycles. The lowest BCUT2D eigenvalue weighted by molar-refractivity contribution is -0.384. The first-order chi connectivity index (χ1) is 11.5. The Kier molecular flexibility index (Phi) is 5.73. The highest BCUT2D eigenvalue weighted by atomic mass is 16.6. The summed E-state index contributed by atoms with van der Waals surface area (Å²) in [6, 6.07) is 11.2. The molecule has 24 heavy (non-hydrogen) atoms. The van der Waals surface area contributed by atoms with Crippen molar-refractivity contribution in [2.75, 3.05) is 19.0 Å². The molecule has 0 heterocycles. The van der Waals surface area contributed by atoms with Gasteiger partial charge in [0.05, 0.1) is 30.7 Å². The van der Waals surface area contributed by atoms with E-state index in [1.54, 1.807) is 6.07 Å². The fourth-order valence-corrected chi connectivity index (χ4v) is 2.06. The molecule has 2 aromatic rings. The van der Waals surface area contributed by atoms with E-state index in [-0.39, 0.29) is 24.6 Å². The van der Waals surface area contributed by atoms with Gasteiger partial charge in [-0.1, -0.05) is 6.07 Å². The van der Waals surface area contributed by atoms with E-state index in [1.807, 2.05) is 19.1 Å². The summed E-state index contributed by atoms with van der Waals surface area (Å²) in [6.07, 6.45) is 0.147. The van der Waals surface area contributed by atoms with Crippen LogP contribution in [-0.2, 0) is 4.79 Å². The monoisotopic (exact) mass is 330 g/mol. The molecule has 0 aliphatic rings. The molecule has 1 N–H and O–H groups in total. The number of anilines is 1. The molecule has 0 saturated heterocycles. The van der Waals surface area contributed by atoms with Crippen molar-refractivity contribution in [3.8, 4) is 11.5 Å². The zero-order chi connectivity index (χ0) is 17.5. The van der Waals surface area contributed by atoms with Crippen molar-refractivity contribution in [2.24, 2.45) is 0 Å². The second-order valence-corrected chi connectivity index (χ2v) is 5.10. The van der Waals surface area contributed by atoms with Crippen molar-refractivity contribution >= 4 is 17.3 Å². The van der Waals surface area contributed by atoms with E-state index in [2.05, 4.69) is 5.32 Å². The van der Waals surface area contributed by atoms with E-state index in [9.17, 15) is 14.9 Å². The van der Waals surface area contributed by atoms with Crippen LogP contribution in [0.3, 0.4) is 0 Å². The minimum Gasteiger partial charge on any atom is -0.495 e. The average Bonchev–Trinajstić information content (AvgIpc) is 2.55. The first-order valence-electron chi connectivity index (χ1n) is 7.31. The van der Waals surface area contributed by atoms with E-state index in [4.69, 9.17) is 9.47 Å². The van der Waals surface area contributed by atoms with E-state index in [0.717, 1.165) is 5.56 Å². The Morgan fingerprint density at radius 3 is 2.54 bits per heavy atom. The molecule has 0 aromatic heterocycles. The number of non-ortho nitro benzene ring substituents is 1. The van der Waals surface area contributed by atoms with Gasteiger partial charge in [0.25, 0.3) is 5.69 Å². The van der Waals surface area contributed by atoms with Crippen LogP contribution in [0.2, 0.25) is 0 Å². The Morgan fingerprint density at radius 2 is 1.92 bits per heavy atom. The van der Waals surface area contributed by atoms with E-state index in [0.29, 0.717) is 17.2 Å². The number of amides is 1. The molecule has 0 saturated carbocycles. The third-order valence-electron chi connectivity index (χ3n) is 3.27. The molecule has 7 heteroatoms. The van der Waals surface area contributed by atoms with Crippen molar-refractivity contribution in [3.05, 3.63) is 58.1 Å². The van der Waals surface area contributed by atoms with Gasteiger partial charge in [-0.2, -0.15) is 0 Å². The molecule has 2 rings (SSSR count). The summed E-state index contributed by atoms with van der Waals surface area (Å²) >= 11 is 0. The maximum atomic E-state index is 12.0. The summed E-state index contributed by atoms with van der Waals surface area (Å²) in [5.41, 5.74) is 1.61. The number of carbonyl (C=O) groups excluding carboxylic acids is 1. The van der Waals surface area contributed by atoms with Crippen LogP contribution < -0.4 is 14.8 Å². The van der Waals surface area contributed by atoms with Gasteiger partial charge in [-0.15, -0.1) is 0 Å². The molecule has 0 aliphatic heterocycles. The van der Waals surface area contributed by atoms with Gasteiger partial charge in [0.15, 0.2) is 0 Å². The number of nitrogens with zero attached hydrogens (tertiary/aromatic N) is 1. The molecule has 0 spiro atoms. The van der Waals surface area contributed by atoms with Gasteiger partial charge in [0.1, 0.15) is 11.5 Å². The number of ether oxygens (including phenoxy) is 2. The molecule has 126 valence electrons. The van der Waals surface area contributed by atoms with Crippen molar-refractivity contribution in [1.82, 2.24) is 0 Å². The molecular weight excluding hydrogens is 312 g/mol. The van der Waals surface area contributed by atoms with E-state index >= 15 is 0 Å². The van der Waals surface area contributed by atoms with Crippen LogP contribution in [0, 0.1) is 17.0 Å². The topological polar surface area (TPSA) is 90.7 Å². The predicted molar refractivity (Wildman–Crippen MR) is 89.6 cm³/mol. The Bertz CT molecular complexity index is 728. The quantitative estimate of drug-likeness (QED) is 0.621. The van der Waals surface area contributed by atoms with Gasteiger partial charge >= 0.3 is 0 Å². The lowest BCUT2D eigenvalue weighted by Crippen LogP contribution is -2.15. The standard InChI is InChI=1S/C17H18N2O5/c1-12-3-8-16(23-2)15(11-12)18-17(20)9-10-24-14-6-4-13(5-7-14)19(21)22/h3-8,11H,9-10H2,1-2H3,(H,18,20). The Hall–Kier alpha value is -3.09. The second kappa shape index (κ2) is 7.96. The van der Waals surface area contributed by atoms with E-state index in [1.165, 1.54) is 31.4 Å². The highest BCUT2D eigenvalue weighted by Gasteiger charge is 2.09. The van der Waals surface area contributed by atoms with Gasteiger partial charge in [0, 0.05) is 12.1 Å². The summed E-state index contributed by atoms with van der Waals surface area (Å²) < 4.78 is 10.6. The van der Waals surface area contributed by atoms with Gasteiger partial charge in [-0.05, 0) is 36.8 Å². The third kappa shape index (κ3) is 4.70. The van der Waals surface area contributed by atoms with Crippen LogP contribution in [0.15, 0.2) is 42.5 Å². The first kappa shape index (κ1) is 17.3. The van der Waals surface area contributed by atoms with Crippen LogP contribution >= 0.6 is 0 Å². The molecule has 0 atom stereocenters. The molecule has 1 amide bonds. The lowest BCUT2D eigenvalue weighted by atomic mass is 10.2. The normalized spacial score (nSPS) is 10.1. The number of aryl methyl sites for hydroxylation is 1. The predicted octanol–water partition coefficient (Wildman–Crippen LogP) is 3.32. The Balaban J connectivity index is 1.85. The molecule has 0 fully saturated rings. The number of hydrogen-bond acceptors (Lipinski definition) is 5. The van der Waals surface area contributed by atoms with Gasteiger partial charge < -0.3 is 14.8 Å². The van der Waals surface area contributed by atoms with Crippen LogP contribution in [0.4, 0.5) is 11.4 Å². The number of methoxy groups -OCH3 is 1. The zero-order valence-electron chi connectivity index (χ0n) is 13.4. The summed E-state index contributed by atoms with van der Waals surface area (Å²) in [5, 5.41) is 13.3. The minimum absolute atomic E-state index is 0.00774. The second-order valence-electron chi connectivity index (χ2n) is 5.10. The highest BCUT2D eigenvalue weighted by Crippen LogP contribution is 2.25. The highest BCUT2D eigenvalue weighted by molar-refractivity contribution is 5.92. The summed E-state index contributed by atoms with van der Waals surface area (Å²) in [5.74, 6) is 0.854.